The highest BCUT2D eigenvalue weighted by atomic mass is 15.1. The minimum absolute atomic E-state index is 0.740. The molecule has 0 aliphatic carbocycles. The predicted octanol–water partition coefficient (Wildman–Crippen LogP) is 2.88. The first-order chi connectivity index (χ1) is 10.2. The molecule has 2 rings (SSSR count). The summed E-state index contributed by atoms with van der Waals surface area (Å²) < 4.78 is 0. The van der Waals surface area contributed by atoms with Crippen molar-refractivity contribution in [1.29, 1.82) is 0 Å². The summed E-state index contributed by atoms with van der Waals surface area (Å²) in [5, 5.41) is 0. The highest BCUT2D eigenvalue weighted by molar-refractivity contribution is 5.40. The Labute approximate surface area is 126 Å². The van der Waals surface area contributed by atoms with E-state index in [4.69, 9.17) is 17.9 Å². The van der Waals surface area contributed by atoms with Gasteiger partial charge in [0.2, 0.25) is 0 Å². The molecular formula is C18H21N3. The number of anilines is 2. The van der Waals surface area contributed by atoms with Crippen molar-refractivity contribution in [3.05, 3.63) is 59.7 Å². The lowest BCUT2D eigenvalue weighted by molar-refractivity contribution is 0.263. The standard InChI is InChI=1S/C18H21N3/c1-2-3-12-21(13-15-4-8-17(19)9-5-15)14-16-6-10-18(20)11-7-16/h1,4-11H,3,12-14,19-20H2. The number of benzene rings is 2. The van der Waals surface area contributed by atoms with Crippen LogP contribution in [0.5, 0.6) is 0 Å². The Kier molecular flexibility index (Phi) is 5.25. The van der Waals surface area contributed by atoms with Gasteiger partial charge in [0.15, 0.2) is 0 Å². The van der Waals surface area contributed by atoms with Crippen molar-refractivity contribution in [3.8, 4) is 12.3 Å². The molecule has 21 heavy (non-hydrogen) atoms. The third-order valence-electron chi connectivity index (χ3n) is 3.34. The summed E-state index contributed by atoms with van der Waals surface area (Å²) in [6.07, 6.45) is 6.13. The lowest BCUT2D eigenvalue weighted by Crippen LogP contribution is -2.23. The number of hydrogen-bond acceptors (Lipinski definition) is 3. The van der Waals surface area contributed by atoms with Crippen LogP contribution in [0.25, 0.3) is 0 Å². The topological polar surface area (TPSA) is 55.3 Å². The summed E-state index contributed by atoms with van der Waals surface area (Å²) >= 11 is 0. The molecule has 0 heterocycles. The van der Waals surface area contributed by atoms with Crippen LogP contribution in [0.1, 0.15) is 17.5 Å². The van der Waals surface area contributed by atoms with Crippen LogP contribution in [0.15, 0.2) is 48.5 Å². The van der Waals surface area contributed by atoms with Crippen LogP contribution in [-0.4, -0.2) is 11.4 Å². The molecule has 0 aliphatic rings. The molecule has 3 nitrogen and oxygen atoms in total. The number of nitrogens with zero attached hydrogens (tertiary/aromatic N) is 1. The predicted molar refractivity (Wildman–Crippen MR) is 89.3 cm³/mol. The van der Waals surface area contributed by atoms with Crippen LogP contribution in [0.3, 0.4) is 0 Å². The maximum atomic E-state index is 5.72. The molecule has 0 saturated carbocycles. The summed E-state index contributed by atoms with van der Waals surface area (Å²) in [7, 11) is 0. The van der Waals surface area contributed by atoms with Gasteiger partial charge in [-0.15, -0.1) is 12.3 Å². The molecular weight excluding hydrogens is 258 g/mol. The van der Waals surface area contributed by atoms with E-state index in [1.165, 1.54) is 11.1 Å². The highest BCUT2D eigenvalue weighted by Crippen LogP contribution is 2.13. The van der Waals surface area contributed by atoms with Gasteiger partial charge in [-0.25, -0.2) is 0 Å². The Balaban J connectivity index is 2.05. The molecule has 2 aromatic rings. The van der Waals surface area contributed by atoms with Gasteiger partial charge in [0.05, 0.1) is 0 Å². The molecule has 0 bridgehead atoms. The van der Waals surface area contributed by atoms with Crippen LogP contribution in [-0.2, 0) is 13.1 Å². The summed E-state index contributed by atoms with van der Waals surface area (Å²) in [5.74, 6) is 2.71. The van der Waals surface area contributed by atoms with Gasteiger partial charge >= 0.3 is 0 Å². The first-order valence-electron chi connectivity index (χ1n) is 7.02. The lowest BCUT2D eigenvalue weighted by Gasteiger charge is -2.22. The quantitative estimate of drug-likeness (QED) is 0.631. The van der Waals surface area contributed by atoms with Crippen LogP contribution >= 0.6 is 0 Å². The maximum Gasteiger partial charge on any atom is 0.0314 e. The molecule has 108 valence electrons. The maximum absolute atomic E-state index is 5.72. The van der Waals surface area contributed by atoms with Gasteiger partial charge in [-0.1, -0.05) is 24.3 Å². The Bertz CT molecular complexity index is 546. The summed E-state index contributed by atoms with van der Waals surface area (Å²) in [5.41, 5.74) is 15.5. The summed E-state index contributed by atoms with van der Waals surface area (Å²) in [6.45, 7) is 2.57. The van der Waals surface area contributed by atoms with E-state index < -0.39 is 0 Å². The van der Waals surface area contributed by atoms with E-state index >= 15 is 0 Å². The Morgan fingerprint density at radius 2 is 1.24 bits per heavy atom. The first kappa shape index (κ1) is 15.0. The monoisotopic (exact) mass is 279 g/mol. The SMILES string of the molecule is C#CCCN(Cc1ccc(N)cc1)Cc1ccc(N)cc1. The minimum Gasteiger partial charge on any atom is -0.399 e. The molecule has 0 unspecified atom stereocenters. The van der Waals surface area contributed by atoms with E-state index in [0.717, 1.165) is 37.4 Å². The van der Waals surface area contributed by atoms with Crippen LogP contribution in [0.4, 0.5) is 11.4 Å². The van der Waals surface area contributed by atoms with Gasteiger partial charge in [0.25, 0.3) is 0 Å². The Hall–Kier alpha value is -2.44. The molecule has 0 saturated heterocycles. The molecule has 0 amide bonds. The van der Waals surface area contributed by atoms with E-state index in [1.54, 1.807) is 0 Å². The highest BCUT2D eigenvalue weighted by Gasteiger charge is 2.07. The molecule has 2 aromatic carbocycles. The van der Waals surface area contributed by atoms with Crippen molar-refractivity contribution in [2.24, 2.45) is 0 Å². The first-order valence-corrected chi connectivity index (χ1v) is 7.02. The average molecular weight is 279 g/mol. The summed E-state index contributed by atoms with van der Waals surface area (Å²) in [4.78, 5) is 2.33. The van der Waals surface area contributed by atoms with E-state index in [-0.39, 0.29) is 0 Å². The molecule has 4 N–H and O–H groups in total. The van der Waals surface area contributed by atoms with Crippen molar-refractivity contribution in [2.45, 2.75) is 19.5 Å². The van der Waals surface area contributed by atoms with Gasteiger partial charge in [-0.2, -0.15) is 0 Å². The van der Waals surface area contributed by atoms with E-state index in [0.29, 0.717) is 0 Å². The van der Waals surface area contributed by atoms with Gasteiger partial charge in [0, 0.05) is 37.4 Å². The molecule has 0 radical (unpaired) electrons. The van der Waals surface area contributed by atoms with Crippen LogP contribution in [0, 0.1) is 12.3 Å². The number of nitrogens with two attached hydrogens (primary N) is 2. The molecule has 0 spiro atoms. The van der Waals surface area contributed by atoms with Crippen molar-refractivity contribution < 1.29 is 0 Å². The number of nitrogen functional groups attached to an aromatic ring is 2. The van der Waals surface area contributed by atoms with Crippen LogP contribution in [0.2, 0.25) is 0 Å². The van der Waals surface area contributed by atoms with Crippen molar-refractivity contribution in [1.82, 2.24) is 4.90 Å². The average Bonchev–Trinajstić information content (AvgIpc) is 2.49. The lowest BCUT2D eigenvalue weighted by atomic mass is 10.1. The molecule has 0 aliphatic heterocycles. The van der Waals surface area contributed by atoms with E-state index in [2.05, 4.69) is 35.1 Å². The fraction of sp³-hybridized carbons (Fsp3) is 0.222. The third kappa shape index (κ3) is 4.87. The Morgan fingerprint density at radius 3 is 1.62 bits per heavy atom. The zero-order valence-electron chi connectivity index (χ0n) is 12.1. The van der Waals surface area contributed by atoms with Gasteiger partial charge in [-0.3, -0.25) is 4.90 Å². The normalized spacial score (nSPS) is 10.5. The molecule has 0 aromatic heterocycles. The fourth-order valence-electron chi connectivity index (χ4n) is 2.20. The molecule has 0 atom stereocenters. The Morgan fingerprint density at radius 1 is 0.810 bits per heavy atom. The van der Waals surface area contributed by atoms with Gasteiger partial charge in [-0.05, 0) is 35.4 Å². The minimum atomic E-state index is 0.740. The zero-order valence-corrected chi connectivity index (χ0v) is 12.1. The van der Waals surface area contributed by atoms with Crippen molar-refractivity contribution in [2.75, 3.05) is 18.0 Å². The smallest absolute Gasteiger partial charge is 0.0314 e. The third-order valence-corrected chi connectivity index (χ3v) is 3.34. The van der Waals surface area contributed by atoms with Gasteiger partial charge < -0.3 is 11.5 Å². The second-order valence-corrected chi connectivity index (χ2v) is 5.15. The number of rotatable bonds is 6. The van der Waals surface area contributed by atoms with E-state index in [9.17, 15) is 0 Å². The second kappa shape index (κ2) is 7.37. The number of terminal acetylenes is 1. The van der Waals surface area contributed by atoms with Crippen molar-refractivity contribution >= 4 is 11.4 Å². The number of hydrogen-bond donors (Lipinski definition) is 2. The van der Waals surface area contributed by atoms with E-state index in [1.807, 2.05) is 24.3 Å². The van der Waals surface area contributed by atoms with Gasteiger partial charge in [0.1, 0.15) is 0 Å². The fourth-order valence-corrected chi connectivity index (χ4v) is 2.20. The van der Waals surface area contributed by atoms with Crippen molar-refractivity contribution in [3.63, 3.8) is 0 Å². The zero-order chi connectivity index (χ0) is 15.1. The summed E-state index contributed by atoms with van der Waals surface area (Å²) in [6, 6.07) is 15.9. The second-order valence-electron chi connectivity index (χ2n) is 5.15. The molecule has 3 heteroatoms. The largest absolute Gasteiger partial charge is 0.399 e. The van der Waals surface area contributed by atoms with Crippen LogP contribution < -0.4 is 11.5 Å². The molecule has 0 fully saturated rings.